The fraction of sp³-hybridized carbons (Fsp3) is 0.667. The second kappa shape index (κ2) is 5.49. The molecule has 0 saturated heterocycles. The van der Waals surface area contributed by atoms with E-state index in [1.54, 1.807) is 12.3 Å². The number of aliphatic hydroxyl groups excluding tert-OH is 1. The molecular formula is C12H21N5O. The number of nitrogen functional groups attached to an aromatic ring is 1. The van der Waals surface area contributed by atoms with E-state index >= 15 is 0 Å². The van der Waals surface area contributed by atoms with Gasteiger partial charge in [0.25, 0.3) is 0 Å². The predicted molar refractivity (Wildman–Crippen MR) is 70.9 cm³/mol. The van der Waals surface area contributed by atoms with Crippen molar-refractivity contribution in [3.63, 3.8) is 0 Å². The Morgan fingerprint density at radius 1 is 1.50 bits per heavy atom. The number of hydrogen-bond donors (Lipinski definition) is 4. The van der Waals surface area contributed by atoms with Crippen molar-refractivity contribution >= 4 is 11.8 Å². The Kier molecular flexibility index (Phi) is 3.98. The maximum Gasteiger partial charge on any atom is 0.239 e. The van der Waals surface area contributed by atoms with Gasteiger partial charge in [0, 0.05) is 6.20 Å². The van der Waals surface area contributed by atoms with Crippen LogP contribution >= 0.6 is 0 Å². The van der Waals surface area contributed by atoms with Gasteiger partial charge in [-0.15, -0.1) is 0 Å². The molecule has 0 aromatic carbocycles. The summed E-state index contributed by atoms with van der Waals surface area (Å²) in [6.45, 7) is 2.37. The van der Waals surface area contributed by atoms with Crippen LogP contribution in [0.4, 0.5) is 11.8 Å². The molecule has 1 aliphatic carbocycles. The van der Waals surface area contributed by atoms with Crippen LogP contribution in [0.25, 0.3) is 0 Å². The van der Waals surface area contributed by atoms with Gasteiger partial charge in [0.1, 0.15) is 5.82 Å². The monoisotopic (exact) mass is 251 g/mol. The molecule has 1 fully saturated rings. The highest BCUT2D eigenvalue weighted by Gasteiger charge is 2.33. The van der Waals surface area contributed by atoms with E-state index in [1.807, 2.05) is 0 Å². The third kappa shape index (κ3) is 2.88. The van der Waals surface area contributed by atoms with Gasteiger partial charge in [0.05, 0.1) is 12.1 Å². The van der Waals surface area contributed by atoms with E-state index in [4.69, 9.17) is 5.84 Å². The van der Waals surface area contributed by atoms with Gasteiger partial charge >= 0.3 is 0 Å². The Balaban J connectivity index is 2.09. The molecule has 0 aliphatic heterocycles. The summed E-state index contributed by atoms with van der Waals surface area (Å²) in [5, 5.41) is 13.0. The Morgan fingerprint density at radius 2 is 2.22 bits per heavy atom. The molecule has 100 valence electrons. The number of aromatic nitrogens is 2. The van der Waals surface area contributed by atoms with Crippen molar-refractivity contribution in [1.82, 2.24) is 9.97 Å². The van der Waals surface area contributed by atoms with Gasteiger partial charge < -0.3 is 10.4 Å². The first-order chi connectivity index (χ1) is 8.67. The molecule has 0 amide bonds. The highest BCUT2D eigenvalue weighted by atomic mass is 16.3. The first kappa shape index (κ1) is 13.0. The number of rotatable bonds is 4. The molecule has 18 heavy (non-hydrogen) atoms. The lowest BCUT2D eigenvalue weighted by Gasteiger charge is -2.39. The Hall–Kier alpha value is -1.40. The average Bonchev–Trinajstić information content (AvgIpc) is 2.42. The number of aliphatic hydroxyl groups is 1. The lowest BCUT2D eigenvalue weighted by molar-refractivity contribution is 0.155. The summed E-state index contributed by atoms with van der Waals surface area (Å²) in [6, 6.07) is 1.79. The molecule has 0 radical (unpaired) electrons. The summed E-state index contributed by atoms with van der Waals surface area (Å²) in [5.41, 5.74) is 2.16. The van der Waals surface area contributed by atoms with Crippen LogP contribution in [0, 0.1) is 5.92 Å². The summed E-state index contributed by atoms with van der Waals surface area (Å²) < 4.78 is 0. The van der Waals surface area contributed by atoms with Crippen LogP contribution in [-0.4, -0.2) is 27.2 Å². The number of hydrazine groups is 1. The van der Waals surface area contributed by atoms with E-state index in [0.29, 0.717) is 11.8 Å². The molecular weight excluding hydrogens is 230 g/mol. The van der Waals surface area contributed by atoms with Crippen LogP contribution in [0.3, 0.4) is 0 Å². The topological polar surface area (TPSA) is 96.1 Å². The average molecular weight is 251 g/mol. The highest BCUT2D eigenvalue weighted by Crippen LogP contribution is 2.33. The lowest BCUT2D eigenvalue weighted by Crippen LogP contribution is -2.45. The molecule has 6 nitrogen and oxygen atoms in total. The van der Waals surface area contributed by atoms with Crippen LogP contribution < -0.4 is 16.6 Å². The number of nitrogens with zero attached hydrogens (tertiary/aromatic N) is 2. The first-order valence-corrected chi connectivity index (χ1v) is 6.36. The summed E-state index contributed by atoms with van der Waals surface area (Å²) >= 11 is 0. The van der Waals surface area contributed by atoms with E-state index in [0.717, 1.165) is 31.6 Å². The second-order valence-electron chi connectivity index (χ2n) is 5.16. The van der Waals surface area contributed by atoms with Gasteiger partial charge in [-0.1, -0.05) is 6.92 Å². The maximum atomic E-state index is 9.67. The first-order valence-electron chi connectivity index (χ1n) is 6.36. The van der Waals surface area contributed by atoms with Crippen molar-refractivity contribution in [1.29, 1.82) is 0 Å². The molecule has 1 aromatic heterocycles. The zero-order chi connectivity index (χ0) is 13.0. The van der Waals surface area contributed by atoms with Crippen LogP contribution in [-0.2, 0) is 0 Å². The van der Waals surface area contributed by atoms with Gasteiger partial charge in [-0.05, 0) is 37.7 Å². The van der Waals surface area contributed by atoms with Crippen molar-refractivity contribution in [3.8, 4) is 0 Å². The minimum Gasteiger partial charge on any atom is -0.394 e. The van der Waals surface area contributed by atoms with E-state index in [2.05, 4.69) is 27.6 Å². The molecule has 1 aliphatic rings. The second-order valence-corrected chi connectivity index (χ2v) is 5.16. The SMILES string of the molecule is CC1CCC(CO)(Nc2ccnc(NN)n2)CC1. The Labute approximate surface area is 107 Å². The smallest absolute Gasteiger partial charge is 0.239 e. The van der Waals surface area contributed by atoms with Crippen molar-refractivity contribution in [3.05, 3.63) is 12.3 Å². The standard InChI is InChI=1S/C12H21N5O/c1-9-2-5-12(8-18,6-3-9)16-10-4-7-14-11(15-10)17-13/h4,7,9,18H,2-3,5-6,8,13H2,1H3,(H2,14,15,16,17). The molecule has 0 bridgehead atoms. The van der Waals surface area contributed by atoms with Crippen LogP contribution in [0.5, 0.6) is 0 Å². The third-order valence-corrected chi connectivity index (χ3v) is 3.71. The Morgan fingerprint density at radius 3 is 2.83 bits per heavy atom. The fourth-order valence-corrected chi connectivity index (χ4v) is 2.41. The zero-order valence-corrected chi connectivity index (χ0v) is 10.7. The van der Waals surface area contributed by atoms with Crippen molar-refractivity contribution < 1.29 is 5.11 Å². The van der Waals surface area contributed by atoms with Gasteiger partial charge in [-0.25, -0.2) is 10.8 Å². The largest absolute Gasteiger partial charge is 0.394 e. The summed E-state index contributed by atoms with van der Waals surface area (Å²) in [4.78, 5) is 8.19. The fourth-order valence-electron chi connectivity index (χ4n) is 2.41. The molecule has 2 rings (SSSR count). The minimum absolute atomic E-state index is 0.120. The quantitative estimate of drug-likeness (QED) is 0.473. The van der Waals surface area contributed by atoms with Crippen LogP contribution in [0.15, 0.2) is 12.3 Å². The van der Waals surface area contributed by atoms with Crippen molar-refractivity contribution in [2.75, 3.05) is 17.3 Å². The third-order valence-electron chi connectivity index (χ3n) is 3.71. The molecule has 1 heterocycles. The van der Waals surface area contributed by atoms with Crippen molar-refractivity contribution in [2.45, 2.75) is 38.1 Å². The van der Waals surface area contributed by atoms with Gasteiger partial charge in [-0.2, -0.15) is 4.98 Å². The molecule has 0 spiro atoms. The number of nitrogens with one attached hydrogen (secondary N) is 2. The molecule has 5 N–H and O–H groups in total. The number of anilines is 2. The van der Waals surface area contributed by atoms with E-state index < -0.39 is 0 Å². The molecule has 0 unspecified atom stereocenters. The molecule has 1 aromatic rings. The summed E-state index contributed by atoms with van der Waals surface area (Å²) in [6.07, 6.45) is 5.81. The van der Waals surface area contributed by atoms with Gasteiger partial charge in [0.15, 0.2) is 0 Å². The Bertz CT molecular complexity index is 390. The lowest BCUT2D eigenvalue weighted by atomic mass is 9.77. The molecule has 1 saturated carbocycles. The molecule has 6 heteroatoms. The van der Waals surface area contributed by atoms with Gasteiger partial charge in [0.2, 0.25) is 5.95 Å². The maximum absolute atomic E-state index is 9.67. The van der Waals surface area contributed by atoms with Crippen LogP contribution in [0.1, 0.15) is 32.6 Å². The zero-order valence-electron chi connectivity index (χ0n) is 10.7. The van der Waals surface area contributed by atoms with E-state index in [1.165, 1.54) is 0 Å². The number of hydrogen-bond acceptors (Lipinski definition) is 6. The number of nitrogens with two attached hydrogens (primary N) is 1. The minimum atomic E-state index is -0.257. The summed E-state index contributed by atoms with van der Waals surface area (Å²) in [7, 11) is 0. The summed E-state index contributed by atoms with van der Waals surface area (Å²) in [5.74, 6) is 7.09. The van der Waals surface area contributed by atoms with E-state index in [-0.39, 0.29) is 12.1 Å². The molecule has 0 atom stereocenters. The predicted octanol–water partition coefficient (Wildman–Crippen LogP) is 1.12. The van der Waals surface area contributed by atoms with Crippen molar-refractivity contribution in [2.24, 2.45) is 11.8 Å². The normalized spacial score (nSPS) is 27.8. The van der Waals surface area contributed by atoms with Gasteiger partial charge in [-0.3, -0.25) is 5.43 Å². The van der Waals surface area contributed by atoms with Crippen LogP contribution in [0.2, 0.25) is 0 Å². The highest BCUT2D eigenvalue weighted by molar-refractivity contribution is 5.41. The van der Waals surface area contributed by atoms with E-state index in [9.17, 15) is 5.11 Å².